The predicted molar refractivity (Wildman–Crippen MR) is 136 cm³/mol. The number of urea groups is 1. The number of primary amides is 1. The van der Waals surface area contributed by atoms with Crippen LogP contribution in [0.2, 0.25) is 0 Å². The molecule has 3 unspecified atom stereocenters. The first kappa shape index (κ1) is 23.8. The number of nitrogens with zero attached hydrogens (tertiary/aromatic N) is 2. The summed E-state index contributed by atoms with van der Waals surface area (Å²) in [5.74, 6) is 1.89. The summed E-state index contributed by atoms with van der Waals surface area (Å²) in [6.45, 7) is 4.25. The minimum absolute atomic E-state index is 0.0153. The molecule has 186 valence electrons. The summed E-state index contributed by atoms with van der Waals surface area (Å²) in [6, 6.07) is 5.16. The molecule has 2 fully saturated rings. The zero-order valence-corrected chi connectivity index (χ0v) is 21.0. The lowest BCUT2D eigenvalue weighted by atomic mass is 9.54. The van der Waals surface area contributed by atoms with Crippen LogP contribution >= 0.6 is 11.3 Å². The van der Waals surface area contributed by atoms with Crippen LogP contribution in [0.3, 0.4) is 0 Å². The highest BCUT2D eigenvalue weighted by Gasteiger charge is 2.57. The summed E-state index contributed by atoms with van der Waals surface area (Å²) in [4.78, 5) is 29.4. The lowest BCUT2D eigenvalue weighted by Crippen LogP contribution is -2.44. The lowest BCUT2D eigenvalue weighted by molar-refractivity contribution is -0.116. The average Bonchev–Trinajstić information content (AvgIpc) is 3.35. The summed E-state index contributed by atoms with van der Waals surface area (Å²) >= 11 is 1.48. The average molecular weight is 496 g/mol. The van der Waals surface area contributed by atoms with Crippen molar-refractivity contribution in [2.45, 2.75) is 64.7 Å². The van der Waals surface area contributed by atoms with Crippen LogP contribution in [0.5, 0.6) is 5.75 Å². The number of anilines is 1. The van der Waals surface area contributed by atoms with Gasteiger partial charge >= 0.3 is 6.03 Å². The van der Waals surface area contributed by atoms with Gasteiger partial charge in [0.25, 0.3) is 0 Å². The van der Waals surface area contributed by atoms with Crippen molar-refractivity contribution in [1.82, 2.24) is 10.4 Å². The highest BCUT2D eigenvalue weighted by molar-refractivity contribution is 7.15. The standard InChI is InChI=1S/C26H33N5O3S/c1-14-13-28-25(35-14)29-22(33)8-4-16-12-21(30-31-24(27)34)26(2)10-9-19-18-7-5-17(32)11-15(18)3-6-20(19)23(16)26/h5,7,11,13,16,19-20,23,32H,3-4,6,8-10,12H2,1-2H3,(H3,27,31,34)(H,28,29,33)/b30-21+/t16-,19?,20?,23?,26-/m1/s1. The van der Waals surface area contributed by atoms with Crippen LogP contribution in [-0.4, -0.2) is 27.7 Å². The first-order valence-corrected chi connectivity index (χ1v) is 13.2. The van der Waals surface area contributed by atoms with Crippen molar-refractivity contribution in [3.05, 3.63) is 40.4 Å². The Balaban J connectivity index is 1.39. The van der Waals surface area contributed by atoms with Crippen molar-refractivity contribution in [1.29, 1.82) is 0 Å². The minimum atomic E-state index is -0.653. The van der Waals surface area contributed by atoms with E-state index in [0.29, 0.717) is 41.0 Å². The number of aromatic nitrogens is 1. The molecule has 3 aliphatic carbocycles. The van der Waals surface area contributed by atoms with Crippen molar-refractivity contribution in [3.8, 4) is 5.75 Å². The molecule has 1 aromatic carbocycles. The van der Waals surface area contributed by atoms with E-state index in [2.05, 4.69) is 33.8 Å². The Morgan fingerprint density at radius 3 is 2.91 bits per heavy atom. The number of phenolic OH excluding ortho intramolecular Hbond substituents is 1. The van der Waals surface area contributed by atoms with Crippen LogP contribution in [0.15, 0.2) is 29.5 Å². The van der Waals surface area contributed by atoms with E-state index in [1.807, 2.05) is 13.0 Å². The van der Waals surface area contributed by atoms with Gasteiger partial charge < -0.3 is 16.2 Å². The summed E-state index contributed by atoms with van der Waals surface area (Å²) in [5.41, 5.74) is 11.3. The summed E-state index contributed by atoms with van der Waals surface area (Å²) < 4.78 is 0. The normalized spacial score (nSPS) is 30.3. The Labute approximate surface area is 209 Å². The van der Waals surface area contributed by atoms with Gasteiger partial charge in [0.15, 0.2) is 5.13 Å². The maximum absolute atomic E-state index is 12.7. The van der Waals surface area contributed by atoms with Gasteiger partial charge in [-0.1, -0.05) is 13.0 Å². The SMILES string of the molecule is Cc1cnc(NC(=O)CC[C@@H]2C/C(=N\NC(N)=O)[C@@]3(C)CCC4c5ccc(O)cc5CCC4C23)s1. The highest BCUT2D eigenvalue weighted by atomic mass is 32.1. The van der Waals surface area contributed by atoms with Crippen molar-refractivity contribution in [3.63, 3.8) is 0 Å². The van der Waals surface area contributed by atoms with Gasteiger partial charge in [-0.3, -0.25) is 4.79 Å². The number of thiazole rings is 1. The number of amides is 3. The Morgan fingerprint density at radius 2 is 2.17 bits per heavy atom. The maximum Gasteiger partial charge on any atom is 0.332 e. The molecule has 3 amide bonds. The van der Waals surface area contributed by atoms with Crippen LogP contribution in [0.1, 0.15) is 67.4 Å². The summed E-state index contributed by atoms with van der Waals surface area (Å²) in [7, 11) is 0. The number of hydrazone groups is 1. The number of aromatic hydroxyl groups is 1. The summed E-state index contributed by atoms with van der Waals surface area (Å²) in [5, 5.41) is 18.0. The zero-order valence-electron chi connectivity index (χ0n) is 20.2. The largest absolute Gasteiger partial charge is 0.508 e. The van der Waals surface area contributed by atoms with Gasteiger partial charge in [0.1, 0.15) is 5.75 Å². The van der Waals surface area contributed by atoms with Gasteiger partial charge in [-0.15, -0.1) is 11.3 Å². The van der Waals surface area contributed by atoms with Crippen LogP contribution < -0.4 is 16.5 Å². The van der Waals surface area contributed by atoms with Gasteiger partial charge in [-0.2, -0.15) is 5.10 Å². The van der Waals surface area contributed by atoms with E-state index in [1.165, 1.54) is 22.5 Å². The van der Waals surface area contributed by atoms with Crippen molar-refractivity contribution >= 4 is 34.1 Å². The summed E-state index contributed by atoms with van der Waals surface area (Å²) in [6.07, 6.45) is 7.73. The van der Waals surface area contributed by atoms with Crippen LogP contribution in [0, 0.1) is 30.1 Å². The molecule has 2 aromatic rings. The van der Waals surface area contributed by atoms with E-state index in [9.17, 15) is 14.7 Å². The number of fused-ring (bicyclic) bond motifs is 5. The third kappa shape index (κ3) is 4.53. The lowest BCUT2D eigenvalue weighted by Gasteiger charge is -2.50. The quantitative estimate of drug-likeness (QED) is 0.449. The van der Waals surface area contributed by atoms with Crippen LogP contribution in [0.4, 0.5) is 9.93 Å². The number of hydrogen-bond donors (Lipinski definition) is 4. The number of rotatable bonds is 5. The molecule has 0 bridgehead atoms. The van der Waals surface area contributed by atoms with Crippen molar-refractivity contribution < 1.29 is 14.7 Å². The first-order chi connectivity index (χ1) is 16.7. The Morgan fingerprint density at radius 1 is 1.34 bits per heavy atom. The monoisotopic (exact) mass is 495 g/mol. The predicted octanol–water partition coefficient (Wildman–Crippen LogP) is 4.68. The fourth-order valence-corrected chi connectivity index (χ4v) is 7.80. The van der Waals surface area contributed by atoms with Gasteiger partial charge in [0.05, 0.1) is 0 Å². The Bertz CT molecular complexity index is 1180. The van der Waals surface area contributed by atoms with E-state index >= 15 is 0 Å². The Kier molecular flexibility index (Phi) is 6.29. The second-order valence-electron chi connectivity index (χ2n) is 10.5. The molecule has 0 radical (unpaired) electrons. The van der Waals surface area contributed by atoms with Gasteiger partial charge in [0, 0.05) is 28.6 Å². The highest BCUT2D eigenvalue weighted by Crippen LogP contribution is 2.62. The van der Waals surface area contributed by atoms with Gasteiger partial charge in [-0.05, 0) is 92.4 Å². The first-order valence-electron chi connectivity index (χ1n) is 12.4. The molecular weight excluding hydrogens is 462 g/mol. The molecule has 0 aliphatic heterocycles. The van der Waals surface area contributed by atoms with Gasteiger partial charge in [-0.25, -0.2) is 15.2 Å². The molecule has 5 atom stereocenters. The molecule has 5 rings (SSSR count). The number of nitrogens with two attached hydrogens (primary N) is 1. The number of phenols is 1. The van der Waals surface area contributed by atoms with E-state index in [-0.39, 0.29) is 11.3 Å². The second-order valence-corrected chi connectivity index (χ2v) is 11.8. The van der Waals surface area contributed by atoms with Crippen LogP contribution in [0.25, 0.3) is 0 Å². The fraction of sp³-hybridized carbons (Fsp3) is 0.538. The van der Waals surface area contributed by atoms with Crippen molar-refractivity contribution in [2.75, 3.05) is 5.32 Å². The third-order valence-electron chi connectivity index (χ3n) is 8.50. The third-order valence-corrected chi connectivity index (χ3v) is 9.32. The van der Waals surface area contributed by atoms with Crippen LogP contribution in [-0.2, 0) is 11.2 Å². The molecule has 2 saturated carbocycles. The molecule has 9 heteroatoms. The van der Waals surface area contributed by atoms with Crippen molar-refractivity contribution in [2.24, 2.45) is 34.0 Å². The van der Waals surface area contributed by atoms with E-state index in [1.54, 1.807) is 12.3 Å². The van der Waals surface area contributed by atoms with E-state index in [0.717, 1.165) is 49.1 Å². The number of benzene rings is 1. The topological polar surface area (TPSA) is 130 Å². The van der Waals surface area contributed by atoms with E-state index < -0.39 is 6.03 Å². The molecule has 35 heavy (non-hydrogen) atoms. The number of carbonyl (C=O) groups is 2. The molecule has 8 nitrogen and oxygen atoms in total. The number of hydrogen-bond acceptors (Lipinski definition) is 6. The second kappa shape index (κ2) is 9.26. The Hall–Kier alpha value is -2.94. The zero-order chi connectivity index (χ0) is 24.7. The molecule has 5 N–H and O–H groups in total. The molecular formula is C26H33N5O3S. The molecule has 1 heterocycles. The molecule has 3 aliphatic rings. The molecule has 1 aromatic heterocycles. The smallest absolute Gasteiger partial charge is 0.332 e. The fourth-order valence-electron chi connectivity index (χ4n) is 7.12. The maximum atomic E-state index is 12.7. The van der Waals surface area contributed by atoms with E-state index in [4.69, 9.17) is 5.73 Å². The van der Waals surface area contributed by atoms with Gasteiger partial charge in [0.2, 0.25) is 5.91 Å². The number of nitrogens with one attached hydrogen (secondary N) is 2. The minimum Gasteiger partial charge on any atom is -0.508 e. The number of aryl methyl sites for hydroxylation is 2. The molecule has 0 saturated heterocycles. The number of carbonyl (C=O) groups excluding carboxylic acids is 2. The molecule has 0 spiro atoms.